The first-order valence-corrected chi connectivity index (χ1v) is 6.07. The van der Waals surface area contributed by atoms with E-state index in [1.54, 1.807) is 4.90 Å². The standard InChI is InChI=1S/C9H14N2O2S/c12-8-6-11(9(13)5-10-8)7-1-3-14-4-2-7/h7H,1-6H2,(H,10,12). The maximum atomic E-state index is 11.5. The zero-order valence-corrected chi connectivity index (χ0v) is 8.81. The van der Waals surface area contributed by atoms with Crippen molar-refractivity contribution in [2.24, 2.45) is 0 Å². The van der Waals surface area contributed by atoms with E-state index in [1.807, 2.05) is 11.8 Å². The highest BCUT2D eigenvalue weighted by Crippen LogP contribution is 2.22. The lowest BCUT2D eigenvalue weighted by molar-refractivity contribution is -0.143. The predicted molar refractivity (Wildman–Crippen MR) is 55.1 cm³/mol. The van der Waals surface area contributed by atoms with Gasteiger partial charge in [-0.25, -0.2) is 0 Å². The number of nitrogens with zero attached hydrogens (tertiary/aromatic N) is 1. The Labute approximate surface area is 87.4 Å². The summed E-state index contributed by atoms with van der Waals surface area (Å²) in [5.74, 6) is 2.26. The smallest absolute Gasteiger partial charge is 0.242 e. The van der Waals surface area contributed by atoms with Crippen molar-refractivity contribution in [3.8, 4) is 0 Å². The van der Waals surface area contributed by atoms with Crippen molar-refractivity contribution in [2.45, 2.75) is 18.9 Å². The van der Waals surface area contributed by atoms with Crippen molar-refractivity contribution < 1.29 is 9.59 Å². The quantitative estimate of drug-likeness (QED) is 0.660. The summed E-state index contributed by atoms with van der Waals surface area (Å²) < 4.78 is 0. The number of carbonyl (C=O) groups is 2. The fourth-order valence-electron chi connectivity index (χ4n) is 1.90. The number of hydrogen-bond donors (Lipinski definition) is 1. The van der Waals surface area contributed by atoms with Gasteiger partial charge < -0.3 is 10.2 Å². The molecule has 0 spiro atoms. The van der Waals surface area contributed by atoms with Crippen molar-refractivity contribution in [1.82, 2.24) is 10.2 Å². The van der Waals surface area contributed by atoms with Gasteiger partial charge in [0.2, 0.25) is 11.8 Å². The van der Waals surface area contributed by atoms with Gasteiger partial charge in [0.05, 0.1) is 13.1 Å². The number of amides is 2. The minimum Gasteiger partial charge on any atom is -0.345 e. The van der Waals surface area contributed by atoms with Crippen molar-refractivity contribution in [2.75, 3.05) is 24.6 Å². The number of thioether (sulfide) groups is 1. The Balaban J connectivity index is 1.99. The summed E-state index contributed by atoms with van der Waals surface area (Å²) in [6.07, 6.45) is 2.06. The summed E-state index contributed by atoms with van der Waals surface area (Å²) in [5.41, 5.74) is 0. The fraction of sp³-hybridized carbons (Fsp3) is 0.778. The zero-order chi connectivity index (χ0) is 9.97. The van der Waals surface area contributed by atoms with Crippen LogP contribution in [-0.2, 0) is 9.59 Å². The van der Waals surface area contributed by atoms with E-state index in [9.17, 15) is 9.59 Å². The molecule has 2 aliphatic heterocycles. The first kappa shape index (κ1) is 9.83. The molecule has 0 bridgehead atoms. The number of nitrogens with one attached hydrogen (secondary N) is 1. The number of rotatable bonds is 1. The van der Waals surface area contributed by atoms with Crippen LogP contribution in [0.2, 0.25) is 0 Å². The Morgan fingerprint density at radius 2 is 2.00 bits per heavy atom. The van der Waals surface area contributed by atoms with Crippen LogP contribution in [0.15, 0.2) is 0 Å². The summed E-state index contributed by atoms with van der Waals surface area (Å²) >= 11 is 1.93. The van der Waals surface area contributed by atoms with Crippen LogP contribution in [0.1, 0.15) is 12.8 Å². The average molecular weight is 214 g/mol. The molecular weight excluding hydrogens is 200 g/mol. The van der Waals surface area contributed by atoms with Gasteiger partial charge in [0, 0.05) is 6.04 Å². The van der Waals surface area contributed by atoms with E-state index in [4.69, 9.17) is 0 Å². The molecule has 0 aliphatic carbocycles. The Kier molecular flexibility index (Phi) is 2.96. The summed E-state index contributed by atoms with van der Waals surface area (Å²) in [7, 11) is 0. The maximum Gasteiger partial charge on any atom is 0.242 e. The van der Waals surface area contributed by atoms with Crippen LogP contribution in [0.3, 0.4) is 0 Å². The third kappa shape index (κ3) is 2.03. The molecule has 14 heavy (non-hydrogen) atoms. The molecule has 2 saturated heterocycles. The summed E-state index contributed by atoms with van der Waals surface area (Å²) in [6.45, 7) is 0.441. The van der Waals surface area contributed by atoms with Gasteiger partial charge in [-0.05, 0) is 24.3 Å². The van der Waals surface area contributed by atoms with Gasteiger partial charge in [-0.1, -0.05) is 0 Å². The zero-order valence-electron chi connectivity index (χ0n) is 7.99. The highest BCUT2D eigenvalue weighted by atomic mass is 32.2. The first-order valence-electron chi connectivity index (χ1n) is 4.91. The first-order chi connectivity index (χ1) is 6.77. The lowest BCUT2D eigenvalue weighted by atomic mass is 10.1. The van der Waals surface area contributed by atoms with E-state index in [1.165, 1.54) is 0 Å². The van der Waals surface area contributed by atoms with Gasteiger partial charge in [-0.2, -0.15) is 11.8 Å². The van der Waals surface area contributed by atoms with Crippen LogP contribution in [0.4, 0.5) is 0 Å². The summed E-state index contributed by atoms with van der Waals surface area (Å²) in [5, 5.41) is 2.57. The van der Waals surface area contributed by atoms with Crippen LogP contribution in [-0.4, -0.2) is 47.4 Å². The van der Waals surface area contributed by atoms with Crippen molar-refractivity contribution in [3.05, 3.63) is 0 Å². The molecule has 0 unspecified atom stereocenters. The molecule has 0 aromatic heterocycles. The molecule has 2 heterocycles. The molecule has 1 N–H and O–H groups in total. The highest BCUT2D eigenvalue weighted by Gasteiger charge is 2.30. The van der Waals surface area contributed by atoms with Crippen molar-refractivity contribution in [3.63, 3.8) is 0 Å². The number of carbonyl (C=O) groups excluding carboxylic acids is 2. The third-order valence-electron chi connectivity index (χ3n) is 2.70. The molecule has 0 saturated carbocycles. The number of piperazine rings is 1. The second-order valence-corrected chi connectivity index (χ2v) is 4.87. The third-order valence-corrected chi connectivity index (χ3v) is 3.75. The predicted octanol–water partition coefficient (Wildman–Crippen LogP) is -0.160. The van der Waals surface area contributed by atoms with Gasteiger partial charge in [0.1, 0.15) is 0 Å². The molecule has 78 valence electrons. The molecule has 2 fully saturated rings. The average Bonchev–Trinajstić information content (AvgIpc) is 2.23. The second kappa shape index (κ2) is 4.21. The fourth-order valence-corrected chi connectivity index (χ4v) is 2.99. The number of hydrogen-bond acceptors (Lipinski definition) is 3. The molecule has 4 nitrogen and oxygen atoms in total. The van der Waals surface area contributed by atoms with E-state index >= 15 is 0 Å². The molecule has 0 aromatic rings. The van der Waals surface area contributed by atoms with Crippen LogP contribution in [0.5, 0.6) is 0 Å². The van der Waals surface area contributed by atoms with E-state index in [0.717, 1.165) is 24.3 Å². The van der Waals surface area contributed by atoms with Gasteiger partial charge in [0.25, 0.3) is 0 Å². The van der Waals surface area contributed by atoms with Gasteiger partial charge >= 0.3 is 0 Å². The molecule has 0 aromatic carbocycles. The van der Waals surface area contributed by atoms with Crippen molar-refractivity contribution in [1.29, 1.82) is 0 Å². The Morgan fingerprint density at radius 1 is 1.29 bits per heavy atom. The summed E-state index contributed by atoms with van der Waals surface area (Å²) in [6, 6.07) is 0.301. The Bertz CT molecular complexity index is 251. The minimum atomic E-state index is -0.0252. The lowest BCUT2D eigenvalue weighted by Crippen LogP contribution is -2.55. The normalized spacial score (nSPS) is 25.0. The molecule has 2 aliphatic rings. The molecule has 2 rings (SSSR count). The molecule has 5 heteroatoms. The molecular formula is C9H14N2O2S. The Morgan fingerprint density at radius 3 is 2.71 bits per heavy atom. The topological polar surface area (TPSA) is 49.4 Å². The van der Waals surface area contributed by atoms with E-state index < -0.39 is 0 Å². The Hall–Kier alpha value is -0.710. The van der Waals surface area contributed by atoms with E-state index in [2.05, 4.69) is 5.32 Å². The minimum absolute atomic E-state index is 0.0252. The van der Waals surface area contributed by atoms with Gasteiger partial charge in [-0.3, -0.25) is 9.59 Å². The van der Waals surface area contributed by atoms with Crippen LogP contribution >= 0.6 is 11.8 Å². The molecule has 2 amide bonds. The second-order valence-electron chi connectivity index (χ2n) is 3.64. The van der Waals surface area contributed by atoms with Crippen molar-refractivity contribution >= 4 is 23.6 Å². The van der Waals surface area contributed by atoms with Crippen LogP contribution in [0.25, 0.3) is 0 Å². The van der Waals surface area contributed by atoms with Gasteiger partial charge in [0.15, 0.2) is 0 Å². The maximum absolute atomic E-state index is 11.5. The van der Waals surface area contributed by atoms with Gasteiger partial charge in [-0.15, -0.1) is 0 Å². The monoisotopic (exact) mass is 214 g/mol. The SMILES string of the molecule is O=C1CN(C2CCSCC2)C(=O)CN1. The highest BCUT2D eigenvalue weighted by molar-refractivity contribution is 7.99. The van der Waals surface area contributed by atoms with Crippen LogP contribution in [0, 0.1) is 0 Å². The van der Waals surface area contributed by atoms with E-state index in [0.29, 0.717) is 6.04 Å². The van der Waals surface area contributed by atoms with Crippen LogP contribution < -0.4 is 5.32 Å². The molecule has 0 atom stereocenters. The summed E-state index contributed by atoms with van der Waals surface area (Å²) in [4.78, 5) is 24.4. The van der Waals surface area contributed by atoms with E-state index in [-0.39, 0.29) is 24.9 Å². The largest absolute Gasteiger partial charge is 0.345 e. The molecule has 0 radical (unpaired) electrons. The lowest BCUT2D eigenvalue weighted by Gasteiger charge is -2.36.